The van der Waals surface area contributed by atoms with Crippen LogP contribution >= 0.6 is 0 Å². The number of nitrogens with one attached hydrogen (secondary N) is 2. The summed E-state index contributed by atoms with van der Waals surface area (Å²) in [5, 5.41) is 16.1. The number of benzene rings is 1. The fourth-order valence-corrected chi connectivity index (χ4v) is 3.41. The third-order valence-corrected chi connectivity index (χ3v) is 5.06. The first-order valence-corrected chi connectivity index (χ1v) is 9.28. The number of hydrogen-bond donors (Lipinski definition) is 3. The minimum absolute atomic E-state index is 0.0111. The molecule has 0 radical (unpaired) electrons. The van der Waals surface area contributed by atoms with Crippen LogP contribution in [0.15, 0.2) is 29.3 Å². The van der Waals surface area contributed by atoms with E-state index in [0.717, 1.165) is 55.4 Å². The number of nitrogens with zero attached hydrogens (tertiary/aromatic N) is 3. The van der Waals surface area contributed by atoms with Gasteiger partial charge in [-0.2, -0.15) is 0 Å². The highest BCUT2D eigenvalue weighted by molar-refractivity contribution is 5.80. The van der Waals surface area contributed by atoms with Crippen molar-refractivity contribution in [2.75, 3.05) is 32.9 Å². The molecule has 7 heteroatoms. The van der Waals surface area contributed by atoms with Crippen molar-refractivity contribution in [3.63, 3.8) is 0 Å². The number of fused-ring (bicyclic) bond motifs is 1. The normalized spacial score (nSPS) is 20.7. The van der Waals surface area contributed by atoms with E-state index in [1.165, 1.54) is 0 Å². The van der Waals surface area contributed by atoms with Crippen LogP contribution in [0.4, 0.5) is 0 Å². The average Bonchev–Trinajstić information content (AvgIpc) is 3.24. The summed E-state index contributed by atoms with van der Waals surface area (Å²) in [6, 6.07) is 8.10. The second-order valence-electron chi connectivity index (χ2n) is 6.90. The van der Waals surface area contributed by atoms with Gasteiger partial charge in [-0.05, 0) is 31.9 Å². The minimum atomic E-state index is -0.0111. The molecule has 2 heterocycles. The number of rotatable bonds is 7. The number of aromatic nitrogens is 2. The summed E-state index contributed by atoms with van der Waals surface area (Å²) in [5.74, 6) is 1.70. The van der Waals surface area contributed by atoms with E-state index in [9.17, 15) is 5.11 Å². The molecular weight excluding hydrogens is 330 g/mol. The Morgan fingerprint density at radius 2 is 2.23 bits per heavy atom. The molecule has 0 saturated carbocycles. The zero-order valence-corrected chi connectivity index (χ0v) is 15.7. The van der Waals surface area contributed by atoms with E-state index in [1.807, 2.05) is 25.2 Å². The van der Waals surface area contributed by atoms with Gasteiger partial charge in [0.05, 0.1) is 17.6 Å². The molecule has 1 aromatic carbocycles. The molecular formula is C19H29N5O2. The lowest BCUT2D eigenvalue weighted by Crippen LogP contribution is -2.44. The molecule has 0 amide bonds. The summed E-state index contributed by atoms with van der Waals surface area (Å²) in [7, 11) is 2.02. The summed E-state index contributed by atoms with van der Waals surface area (Å²) in [5.41, 5.74) is 2.09. The minimum Gasteiger partial charge on any atom is -0.396 e. The molecule has 1 aromatic heterocycles. The van der Waals surface area contributed by atoms with E-state index in [-0.39, 0.29) is 12.0 Å². The standard InChI is InChI=1S/C19H29N5O2/c1-3-20-18(22-13-19(8-10-25)9-11-26-14-19)21-12-17-23-15-6-4-5-7-16(15)24(17)2/h4-7,25H,3,8-14H2,1-2H3,(H2,20,21,22). The first kappa shape index (κ1) is 18.7. The maximum atomic E-state index is 9.37. The van der Waals surface area contributed by atoms with Crippen LogP contribution in [0.3, 0.4) is 0 Å². The fraction of sp³-hybridized carbons (Fsp3) is 0.579. The van der Waals surface area contributed by atoms with Gasteiger partial charge in [0, 0.05) is 38.8 Å². The van der Waals surface area contributed by atoms with Crippen LogP contribution in [0, 0.1) is 5.41 Å². The smallest absolute Gasteiger partial charge is 0.191 e. The molecule has 7 nitrogen and oxygen atoms in total. The van der Waals surface area contributed by atoms with Gasteiger partial charge < -0.3 is 25.0 Å². The van der Waals surface area contributed by atoms with Crippen LogP contribution in [0.25, 0.3) is 11.0 Å². The van der Waals surface area contributed by atoms with E-state index < -0.39 is 0 Å². The lowest BCUT2D eigenvalue weighted by molar-refractivity contribution is 0.127. The van der Waals surface area contributed by atoms with E-state index in [2.05, 4.69) is 33.2 Å². The van der Waals surface area contributed by atoms with Crippen molar-refractivity contribution < 1.29 is 9.84 Å². The Morgan fingerprint density at radius 1 is 1.38 bits per heavy atom. The molecule has 1 saturated heterocycles. The van der Waals surface area contributed by atoms with E-state index in [1.54, 1.807) is 0 Å². The lowest BCUT2D eigenvalue weighted by atomic mass is 9.84. The van der Waals surface area contributed by atoms with Gasteiger partial charge in [-0.15, -0.1) is 0 Å². The van der Waals surface area contributed by atoms with Crippen LogP contribution < -0.4 is 10.6 Å². The fourth-order valence-electron chi connectivity index (χ4n) is 3.41. The van der Waals surface area contributed by atoms with E-state index in [0.29, 0.717) is 13.2 Å². The number of ether oxygens (including phenoxy) is 1. The number of guanidine groups is 1. The van der Waals surface area contributed by atoms with Crippen molar-refractivity contribution in [1.29, 1.82) is 0 Å². The maximum Gasteiger partial charge on any atom is 0.191 e. The number of aliphatic imine (C=N–C) groups is 1. The predicted molar refractivity (Wildman–Crippen MR) is 103 cm³/mol. The third kappa shape index (κ3) is 4.16. The van der Waals surface area contributed by atoms with Crippen LogP contribution in [0.2, 0.25) is 0 Å². The molecule has 1 unspecified atom stereocenters. The summed E-state index contributed by atoms with van der Waals surface area (Å²) >= 11 is 0. The Kier molecular flexibility index (Phi) is 6.11. The van der Waals surface area contributed by atoms with Gasteiger partial charge >= 0.3 is 0 Å². The lowest BCUT2D eigenvalue weighted by Gasteiger charge is -2.27. The highest BCUT2D eigenvalue weighted by Gasteiger charge is 2.34. The molecule has 26 heavy (non-hydrogen) atoms. The predicted octanol–water partition coefficient (Wildman–Crippen LogP) is 1.42. The SMILES string of the molecule is CCNC(=NCc1nc2ccccc2n1C)NCC1(CCO)CCOC1. The molecule has 3 N–H and O–H groups in total. The number of aliphatic hydroxyl groups is 1. The zero-order chi connectivity index (χ0) is 18.4. The molecule has 1 atom stereocenters. The molecule has 0 spiro atoms. The largest absolute Gasteiger partial charge is 0.396 e. The molecule has 0 aliphatic carbocycles. The van der Waals surface area contributed by atoms with Crippen molar-refractivity contribution in [2.45, 2.75) is 26.3 Å². The molecule has 0 bridgehead atoms. The molecule has 1 aliphatic heterocycles. The van der Waals surface area contributed by atoms with Gasteiger partial charge in [-0.3, -0.25) is 0 Å². The molecule has 2 aromatic rings. The Labute approximate surface area is 154 Å². The summed E-state index contributed by atoms with van der Waals surface area (Å²) in [4.78, 5) is 9.37. The van der Waals surface area contributed by atoms with Gasteiger partial charge in [0.1, 0.15) is 12.4 Å². The van der Waals surface area contributed by atoms with Gasteiger partial charge in [0.2, 0.25) is 0 Å². The van der Waals surface area contributed by atoms with Crippen LogP contribution in [0.1, 0.15) is 25.6 Å². The third-order valence-electron chi connectivity index (χ3n) is 5.06. The van der Waals surface area contributed by atoms with Crippen molar-refractivity contribution in [2.24, 2.45) is 17.5 Å². The number of para-hydroxylation sites is 2. The monoisotopic (exact) mass is 359 g/mol. The van der Waals surface area contributed by atoms with Gasteiger partial charge in [0.25, 0.3) is 0 Å². The molecule has 1 aliphatic rings. The zero-order valence-electron chi connectivity index (χ0n) is 15.7. The first-order chi connectivity index (χ1) is 12.7. The van der Waals surface area contributed by atoms with Crippen LogP contribution in [-0.4, -0.2) is 53.5 Å². The topological polar surface area (TPSA) is 83.7 Å². The molecule has 142 valence electrons. The van der Waals surface area contributed by atoms with Crippen LogP contribution in [0.5, 0.6) is 0 Å². The summed E-state index contributed by atoms with van der Waals surface area (Å²) in [6.07, 6.45) is 1.70. The van der Waals surface area contributed by atoms with E-state index >= 15 is 0 Å². The Hall–Kier alpha value is -2.12. The second-order valence-corrected chi connectivity index (χ2v) is 6.90. The Bertz CT molecular complexity index is 749. The number of aryl methyl sites for hydroxylation is 1. The van der Waals surface area contributed by atoms with Crippen molar-refractivity contribution in [3.05, 3.63) is 30.1 Å². The first-order valence-electron chi connectivity index (χ1n) is 9.28. The maximum absolute atomic E-state index is 9.37. The van der Waals surface area contributed by atoms with Gasteiger partial charge in [0.15, 0.2) is 5.96 Å². The van der Waals surface area contributed by atoms with Crippen molar-refractivity contribution in [3.8, 4) is 0 Å². The molecule has 3 rings (SSSR count). The summed E-state index contributed by atoms with van der Waals surface area (Å²) in [6.45, 7) is 5.71. The number of aliphatic hydroxyl groups excluding tert-OH is 1. The quantitative estimate of drug-likeness (QED) is 0.514. The van der Waals surface area contributed by atoms with Crippen molar-refractivity contribution >= 4 is 17.0 Å². The summed E-state index contributed by atoms with van der Waals surface area (Å²) < 4.78 is 7.64. The van der Waals surface area contributed by atoms with Gasteiger partial charge in [-0.1, -0.05) is 12.1 Å². The average molecular weight is 359 g/mol. The Morgan fingerprint density at radius 3 is 2.92 bits per heavy atom. The van der Waals surface area contributed by atoms with Crippen LogP contribution in [-0.2, 0) is 18.3 Å². The van der Waals surface area contributed by atoms with Crippen molar-refractivity contribution in [1.82, 2.24) is 20.2 Å². The number of hydrogen-bond acceptors (Lipinski definition) is 4. The second kappa shape index (κ2) is 8.51. The van der Waals surface area contributed by atoms with Gasteiger partial charge in [-0.25, -0.2) is 9.98 Å². The molecule has 1 fully saturated rings. The Balaban J connectivity index is 1.69. The number of imidazole rings is 1. The highest BCUT2D eigenvalue weighted by atomic mass is 16.5. The van der Waals surface area contributed by atoms with E-state index in [4.69, 9.17) is 9.73 Å². The highest BCUT2D eigenvalue weighted by Crippen LogP contribution is 2.31.